The van der Waals surface area contributed by atoms with E-state index in [2.05, 4.69) is 4.18 Å². The van der Waals surface area contributed by atoms with Crippen LogP contribution in [0.3, 0.4) is 0 Å². The maximum atomic E-state index is 14.4. The van der Waals surface area contributed by atoms with Gasteiger partial charge in [0.25, 0.3) is 0 Å². The highest BCUT2D eigenvalue weighted by Gasteiger charge is 2.53. The van der Waals surface area contributed by atoms with E-state index in [1.165, 1.54) is 0 Å². The predicted molar refractivity (Wildman–Crippen MR) is 103 cm³/mol. The van der Waals surface area contributed by atoms with Crippen molar-refractivity contribution in [3.63, 3.8) is 0 Å². The molecule has 0 heterocycles. The van der Waals surface area contributed by atoms with Gasteiger partial charge in [-0.1, -0.05) is 81.4 Å². The number of primary amides is 1. The summed E-state index contributed by atoms with van der Waals surface area (Å²) >= 11 is 0. The van der Waals surface area contributed by atoms with Gasteiger partial charge in [-0.25, -0.2) is 4.79 Å². The summed E-state index contributed by atoms with van der Waals surface area (Å²) in [6.07, 6.45) is -1.45. The minimum absolute atomic E-state index is 0.364. The first kappa shape index (κ1) is 20.2. The maximum Gasteiger partial charge on any atom is 0.420 e. The molecular formula is C18H22NO5PS. The summed E-state index contributed by atoms with van der Waals surface area (Å²) in [4.78, 5) is 9.68. The molecule has 0 fully saturated rings. The highest BCUT2D eigenvalue weighted by molar-refractivity contribution is 8.00. The first-order valence-corrected chi connectivity index (χ1v) is 11.2. The van der Waals surface area contributed by atoms with E-state index in [-0.39, 0.29) is 0 Å². The van der Waals surface area contributed by atoms with Crippen molar-refractivity contribution in [3.05, 3.63) is 60.7 Å². The molecule has 0 aliphatic carbocycles. The summed E-state index contributed by atoms with van der Waals surface area (Å²) in [5.74, 6) is 0. The average molecular weight is 395 g/mol. The second-order valence-electron chi connectivity index (χ2n) is 6.94. The first-order valence-electron chi connectivity index (χ1n) is 7.93. The van der Waals surface area contributed by atoms with Gasteiger partial charge >= 0.3 is 16.2 Å². The number of hydrogen-bond donors (Lipinski definition) is 1. The highest BCUT2D eigenvalue weighted by atomic mass is 32.2. The third kappa shape index (κ3) is 4.00. The summed E-state index contributed by atoms with van der Waals surface area (Å²) in [7, 11) is -8.33. The molecule has 0 bridgehead atoms. The Labute approximate surface area is 153 Å². The lowest BCUT2D eigenvalue weighted by molar-refractivity contribution is 0.211. The summed E-state index contributed by atoms with van der Waals surface area (Å²) in [5.41, 5.74) is 3.95. The van der Waals surface area contributed by atoms with Crippen molar-refractivity contribution in [2.45, 2.75) is 25.8 Å². The number of benzene rings is 2. The molecule has 0 spiro atoms. The molecule has 1 atom stereocenters. The van der Waals surface area contributed by atoms with Crippen molar-refractivity contribution in [2.24, 2.45) is 11.1 Å². The second-order valence-corrected chi connectivity index (χ2v) is 11.8. The van der Waals surface area contributed by atoms with E-state index >= 15 is 0 Å². The zero-order chi connectivity index (χ0) is 19.6. The molecule has 0 saturated heterocycles. The topological polar surface area (TPSA) is 104 Å². The molecule has 0 aliphatic heterocycles. The molecule has 0 radical (unpaired) electrons. The molecule has 0 aliphatic rings. The molecule has 0 unspecified atom stereocenters. The van der Waals surface area contributed by atoms with Crippen molar-refractivity contribution in [2.75, 3.05) is 0 Å². The fourth-order valence-corrected chi connectivity index (χ4v) is 9.70. The molecule has 8 heteroatoms. The van der Waals surface area contributed by atoms with Crippen LogP contribution in [-0.4, -0.2) is 19.5 Å². The van der Waals surface area contributed by atoms with Crippen LogP contribution >= 0.6 is 7.14 Å². The fraction of sp³-hybridized carbons (Fsp3) is 0.278. The molecule has 26 heavy (non-hydrogen) atoms. The zero-order valence-electron chi connectivity index (χ0n) is 14.8. The number of carbonyl (C=O) groups is 1. The smallest absolute Gasteiger partial charge is 0.334 e. The molecule has 2 aromatic rings. The number of carbonyl (C=O) groups excluding carboxylic acids is 1. The van der Waals surface area contributed by atoms with Crippen LogP contribution in [0.5, 0.6) is 0 Å². The molecule has 2 aromatic carbocycles. The van der Waals surface area contributed by atoms with E-state index in [0.717, 1.165) is 0 Å². The van der Waals surface area contributed by atoms with Gasteiger partial charge in [0.1, 0.15) is 0 Å². The van der Waals surface area contributed by atoms with Gasteiger partial charge in [-0.05, 0) is 5.41 Å². The van der Waals surface area contributed by atoms with E-state index in [0.29, 0.717) is 10.6 Å². The lowest BCUT2D eigenvalue weighted by Crippen LogP contribution is -2.42. The SMILES string of the molecule is CC(C)(C)[C@@H](P(=O)(c1ccccc1)c1ccccc1)S(=O)(=O)OC(N)=O. The lowest BCUT2D eigenvalue weighted by atomic mass is 10.00. The van der Waals surface area contributed by atoms with E-state index < -0.39 is 33.8 Å². The van der Waals surface area contributed by atoms with Gasteiger partial charge in [0, 0.05) is 10.6 Å². The van der Waals surface area contributed by atoms with Crippen LogP contribution in [0.4, 0.5) is 4.79 Å². The molecule has 2 rings (SSSR count). The van der Waals surface area contributed by atoms with Gasteiger partial charge in [0.05, 0.1) is 0 Å². The summed E-state index contributed by atoms with van der Waals surface area (Å²) in [6.45, 7) is 4.91. The van der Waals surface area contributed by atoms with Crippen LogP contribution < -0.4 is 16.3 Å². The summed E-state index contributed by atoms with van der Waals surface area (Å²) in [5, 5.41) is 0.727. The fourth-order valence-electron chi connectivity index (χ4n) is 3.04. The van der Waals surface area contributed by atoms with Gasteiger partial charge < -0.3 is 14.5 Å². The van der Waals surface area contributed by atoms with E-state index in [1.54, 1.807) is 81.4 Å². The van der Waals surface area contributed by atoms with Crippen LogP contribution in [0.2, 0.25) is 0 Å². The molecule has 2 N–H and O–H groups in total. The highest BCUT2D eigenvalue weighted by Crippen LogP contribution is 2.57. The third-order valence-electron chi connectivity index (χ3n) is 3.82. The number of amides is 1. The lowest BCUT2D eigenvalue weighted by Gasteiger charge is -2.35. The molecule has 1 amide bonds. The predicted octanol–water partition coefficient (Wildman–Crippen LogP) is 2.80. The number of nitrogens with two attached hydrogens (primary N) is 1. The zero-order valence-corrected chi connectivity index (χ0v) is 16.5. The Bertz CT molecular complexity index is 878. The van der Waals surface area contributed by atoms with Crippen LogP contribution in [0, 0.1) is 5.41 Å². The second kappa shape index (κ2) is 7.25. The van der Waals surface area contributed by atoms with E-state index in [9.17, 15) is 17.8 Å². The Kier molecular flexibility index (Phi) is 5.64. The quantitative estimate of drug-likeness (QED) is 0.619. The third-order valence-corrected chi connectivity index (χ3v) is 10.7. The average Bonchev–Trinajstić information content (AvgIpc) is 2.53. The molecular weight excluding hydrogens is 373 g/mol. The minimum atomic E-state index is -4.57. The molecule has 0 aromatic heterocycles. The van der Waals surface area contributed by atoms with Crippen LogP contribution in [0.1, 0.15) is 20.8 Å². The van der Waals surface area contributed by atoms with Crippen molar-refractivity contribution < 1.29 is 22.0 Å². The standard InChI is InChI=1S/C18H22NO5PS/c1-18(2,3)16(26(22,23)24-17(19)20)25(21,14-10-6-4-7-11-14)15-12-8-5-9-13-15/h4-13,16H,1-3H3,(H2,19,20)/t16-/m0/s1. The minimum Gasteiger partial charge on any atom is -0.334 e. The molecule has 0 saturated carbocycles. The van der Waals surface area contributed by atoms with Crippen molar-refractivity contribution >= 4 is 34.0 Å². The van der Waals surface area contributed by atoms with Gasteiger partial charge in [0.15, 0.2) is 12.1 Å². The van der Waals surface area contributed by atoms with Crippen LogP contribution in [0.15, 0.2) is 60.7 Å². The van der Waals surface area contributed by atoms with Gasteiger partial charge in [-0.2, -0.15) is 8.42 Å². The Morgan fingerprint density at radius 2 is 1.35 bits per heavy atom. The first-order chi connectivity index (χ1) is 12.0. The van der Waals surface area contributed by atoms with Gasteiger partial charge in [0.2, 0.25) is 0 Å². The van der Waals surface area contributed by atoms with Crippen LogP contribution in [0.25, 0.3) is 0 Å². The number of hydrogen-bond acceptors (Lipinski definition) is 5. The van der Waals surface area contributed by atoms with Gasteiger partial charge in [-0.15, -0.1) is 0 Å². The van der Waals surface area contributed by atoms with E-state index in [1.807, 2.05) is 0 Å². The number of rotatable bonds is 5. The van der Waals surface area contributed by atoms with Crippen molar-refractivity contribution in [3.8, 4) is 0 Å². The molecule has 6 nitrogen and oxygen atoms in total. The Hall–Kier alpha value is -2.11. The normalized spacial score (nSPS) is 13.8. The monoisotopic (exact) mass is 395 g/mol. The Balaban J connectivity index is 2.85. The Morgan fingerprint density at radius 3 is 1.65 bits per heavy atom. The Morgan fingerprint density at radius 1 is 0.962 bits per heavy atom. The molecule has 140 valence electrons. The van der Waals surface area contributed by atoms with Crippen molar-refractivity contribution in [1.82, 2.24) is 0 Å². The van der Waals surface area contributed by atoms with Gasteiger partial charge in [-0.3, -0.25) is 0 Å². The van der Waals surface area contributed by atoms with E-state index in [4.69, 9.17) is 5.73 Å². The largest absolute Gasteiger partial charge is 0.420 e. The summed E-state index contributed by atoms with van der Waals surface area (Å²) in [6, 6.07) is 16.7. The van der Waals surface area contributed by atoms with Crippen LogP contribution in [-0.2, 0) is 18.9 Å². The maximum absolute atomic E-state index is 14.4. The van der Waals surface area contributed by atoms with Crippen molar-refractivity contribution in [1.29, 1.82) is 0 Å². The summed E-state index contributed by atoms with van der Waals surface area (Å²) < 4.78 is 44.6.